The number of carbonyl (C=O) groups excluding carboxylic acids is 1. The lowest BCUT2D eigenvalue weighted by atomic mass is 10.2. The highest BCUT2D eigenvalue weighted by Crippen LogP contribution is 2.17. The molecule has 0 unspecified atom stereocenters. The summed E-state index contributed by atoms with van der Waals surface area (Å²) >= 11 is 9.27. The van der Waals surface area contributed by atoms with Crippen LogP contribution in [0.15, 0.2) is 83.3 Å². The van der Waals surface area contributed by atoms with Crippen molar-refractivity contribution in [1.82, 2.24) is 0 Å². The summed E-state index contributed by atoms with van der Waals surface area (Å²) in [6, 6.07) is 22.7. The van der Waals surface area contributed by atoms with Crippen LogP contribution in [0.4, 0.5) is 0 Å². The third kappa shape index (κ3) is 6.55. The number of benzene rings is 3. The van der Waals surface area contributed by atoms with Crippen LogP contribution in [0.5, 0.6) is 5.75 Å². The molecular formula is C23H18BrClO3. The number of hydrogen-bond acceptors (Lipinski definition) is 3. The molecular weight excluding hydrogens is 440 g/mol. The third-order valence-corrected chi connectivity index (χ3v) is 4.63. The Morgan fingerprint density at radius 3 is 2.39 bits per heavy atom. The molecule has 0 atom stereocenters. The maximum absolute atomic E-state index is 11.9. The van der Waals surface area contributed by atoms with Crippen molar-refractivity contribution in [2.45, 2.75) is 13.2 Å². The molecule has 0 fully saturated rings. The second kappa shape index (κ2) is 10.1. The van der Waals surface area contributed by atoms with E-state index < -0.39 is 0 Å². The van der Waals surface area contributed by atoms with Gasteiger partial charge in [-0.1, -0.05) is 63.9 Å². The fraction of sp³-hybridized carbons (Fsp3) is 0.0870. The van der Waals surface area contributed by atoms with Gasteiger partial charge < -0.3 is 9.47 Å². The SMILES string of the molecule is O=C(/C=C/c1ccc(OCc2ccc(Cl)cc2)cc1)OCc1cccc(Br)c1. The highest BCUT2D eigenvalue weighted by atomic mass is 79.9. The zero-order valence-corrected chi connectivity index (χ0v) is 17.3. The van der Waals surface area contributed by atoms with Gasteiger partial charge >= 0.3 is 5.97 Å². The smallest absolute Gasteiger partial charge is 0.331 e. The van der Waals surface area contributed by atoms with Crippen molar-refractivity contribution in [2.75, 3.05) is 0 Å². The molecule has 0 N–H and O–H groups in total. The maximum atomic E-state index is 11.9. The second-order valence-corrected chi connectivity index (χ2v) is 7.41. The molecule has 142 valence electrons. The minimum atomic E-state index is -0.386. The highest BCUT2D eigenvalue weighted by Gasteiger charge is 2.01. The Morgan fingerprint density at radius 2 is 1.68 bits per heavy atom. The lowest BCUT2D eigenvalue weighted by Crippen LogP contribution is -2.00. The first-order valence-corrected chi connectivity index (χ1v) is 9.82. The molecule has 0 aromatic heterocycles. The highest BCUT2D eigenvalue weighted by molar-refractivity contribution is 9.10. The van der Waals surface area contributed by atoms with E-state index in [1.807, 2.05) is 72.8 Å². The Kier molecular flexibility index (Phi) is 7.29. The fourth-order valence-electron chi connectivity index (χ4n) is 2.42. The van der Waals surface area contributed by atoms with Crippen LogP contribution >= 0.6 is 27.5 Å². The van der Waals surface area contributed by atoms with Gasteiger partial charge in [0.1, 0.15) is 19.0 Å². The van der Waals surface area contributed by atoms with E-state index >= 15 is 0 Å². The van der Waals surface area contributed by atoms with Crippen LogP contribution < -0.4 is 4.74 Å². The van der Waals surface area contributed by atoms with Gasteiger partial charge in [0.05, 0.1) is 0 Å². The molecule has 0 heterocycles. The van der Waals surface area contributed by atoms with Crippen LogP contribution in [0.25, 0.3) is 6.08 Å². The Bertz CT molecular complexity index is 950. The van der Waals surface area contributed by atoms with Crippen molar-refractivity contribution in [3.05, 3.63) is 105 Å². The number of halogens is 2. The number of carbonyl (C=O) groups is 1. The largest absolute Gasteiger partial charge is 0.489 e. The lowest BCUT2D eigenvalue weighted by molar-refractivity contribution is -0.138. The van der Waals surface area contributed by atoms with E-state index in [2.05, 4.69) is 15.9 Å². The summed E-state index contributed by atoms with van der Waals surface area (Å²) in [6.07, 6.45) is 3.13. The fourth-order valence-corrected chi connectivity index (χ4v) is 2.99. The zero-order valence-electron chi connectivity index (χ0n) is 15.0. The first-order chi connectivity index (χ1) is 13.6. The van der Waals surface area contributed by atoms with Crippen molar-refractivity contribution in [2.24, 2.45) is 0 Å². The predicted molar refractivity (Wildman–Crippen MR) is 115 cm³/mol. The van der Waals surface area contributed by atoms with Crippen molar-refractivity contribution in [3.63, 3.8) is 0 Å². The Morgan fingerprint density at radius 1 is 0.929 bits per heavy atom. The van der Waals surface area contributed by atoms with Crippen LogP contribution in [0.1, 0.15) is 16.7 Å². The molecule has 0 amide bonds. The summed E-state index contributed by atoms with van der Waals surface area (Å²) in [5.74, 6) is 0.368. The molecule has 0 saturated heterocycles. The van der Waals surface area contributed by atoms with Gasteiger partial charge in [0.25, 0.3) is 0 Å². The number of rotatable bonds is 7. The number of ether oxygens (including phenoxy) is 2. The second-order valence-electron chi connectivity index (χ2n) is 6.06. The summed E-state index contributed by atoms with van der Waals surface area (Å²) in [4.78, 5) is 11.9. The van der Waals surface area contributed by atoms with Crippen molar-refractivity contribution in [1.29, 1.82) is 0 Å². The van der Waals surface area contributed by atoms with E-state index in [1.54, 1.807) is 6.08 Å². The minimum Gasteiger partial charge on any atom is -0.489 e. The first kappa shape index (κ1) is 20.2. The van der Waals surface area contributed by atoms with Gasteiger partial charge in [-0.3, -0.25) is 0 Å². The van der Waals surface area contributed by atoms with Crippen LogP contribution in [-0.2, 0) is 22.7 Å². The van der Waals surface area contributed by atoms with Gasteiger partial charge in [-0.2, -0.15) is 0 Å². The molecule has 0 spiro atoms. The van der Waals surface area contributed by atoms with E-state index in [0.29, 0.717) is 11.6 Å². The maximum Gasteiger partial charge on any atom is 0.331 e. The number of hydrogen-bond donors (Lipinski definition) is 0. The molecule has 28 heavy (non-hydrogen) atoms. The van der Waals surface area contributed by atoms with Gasteiger partial charge in [0, 0.05) is 15.6 Å². The summed E-state index contributed by atoms with van der Waals surface area (Å²) in [5, 5.41) is 0.704. The molecule has 3 aromatic carbocycles. The Hall–Kier alpha value is -2.56. The van der Waals surface area contributed by atoms with Gasteiger partial charge in [-0.15, -0.1) is 0 Å². The average molecular weight is 458 g/mol. The molecule has 0 aliphatic heterocycles. The summed E-state index contributed by atoms with van der Waals surface area (Å²) in [6.45, 7) is 0.703. The standard InChI is InChI=1S/C23H18BrClO3/c24-20-3-1-2-19(14-20)16-28-23(26)13-8-17-6-11-22(12-7-17)27-15-18-4-9-21(25)10-5-18/h1-14H,15-16H2/b13-8+. The summed E-state index contributed by atoms with van der Waals surface area (Å²) < 4.78 is 11.9. The van der Waals surface area contributed by atoms with Gasteiger partial charge in [0.15, 0.2) is 0 Å². The zero-order chi connectivity index (χ0) is 19.8. The van der Waals surface area contributed by atoms with Crippen LogP contribution in [-0.4, -0.2) is 5.97 Å². The summed E-state index contributed by atoms with van der Waals surface area (Å²) in [5.41, 5.74) is 2.86. The normalized spacial score (nSPS) is 10.8. The quantitative estimate of drug-likeness (QED) is 0.302. The minimum absolute atomic E-state index is 0.236. The molecule has 0 aliphatic carbocycles. The van der Waals surface area contributed by atoms with Crippen molar-refractivity contribution >= 4 is 39.6 Å². The first-order valence-electron chi connectivity index (χ1n) is 8.65. The van der Waals surface area contributed by atoms with Crippen molar-refractivity contribution < 1.29 is 14.3 Å². The van der Waals surface area contributed by atoms with Crippen LogP contribution in [0, 0.1) is 0 Å². The van der Waals surface area contributed by atoms with E-state index in [1.165, 1.54) is 6.08 Å². The lowest BCUT2D eigenvalue weighted by Gasteiger charge is -2.06. The summed E-state index contributed by atoms with van der Waals surface area (Å²) in [7, 11) is 0. The van der Waals surface area contributed by atoms with E-state index in [4.69, 9.17) is 21.1 Å². The van der Waals surface area contributed by atoms with Crippen molar-refractivity contribution in [3.8, 4) is 5.75 Å². The topological polar surface area (TPSA) is 35.5 Å². The van der Waals surface area contributed by atoms with E-state index in [0.717, 1.165) is 26.9 Å². The van der Waals surface area contributed by atoms with Gasteiger partial charge in [0.2, 0.25) is 0 Å². The molecule has 3 rings (SSSR count). The molecule has 3 aromatic rings. The van der Waals surface area contributed by atoms with E-state index in [-0.39, 0.29) is 12.6 Å². The predicted octanol–water partition coefficient (Wildman–Crippen LogP) is 6.44. The molecule has 0 radical (unpaired) electrons. The molecule has 0 bridgehead atoms. The average Bonchev–Trinajstić information content (AvgIpc) is 2.71. The van der Waals surface area contributed by atoms with Crippen LogP contribution in [0.2, 0.25) is 5.02 Å². The van der Waals surface area contributed by atoms with Gasteiger partial charge in [-0.05, 0) is 59.2 Å². The third-order valence-electron chi connectivity index (χ3n) is 3.88. The molecule has 0 saturated carbocycles. The monoisotopic (exact) mass is 456 g/mol. The van der Waals surface area contributed by atoms with E-state index in [9.17, 15) is 4.79 Å². The Labute approximate surface area is 177 Å². The molecule has 5 heteroatoms. The number of esters is 1. The Balaban J connectivity index is 1.47. The van der Waals surface area contributed by atoms with Crippen LogP contribution in [0.3, 0.4) is 0 Å². The van der Waals surface area contributed by atoms with Gasteiger partial charge in [-0.25, -0.2) is 4.79 Å². The molecule has 3 nitrogen and oxygen atoms in total. The molecule has 0 aliphatic rings.